The molecule has 3 heteroatoms. The van der Waals surface area contributed by atoms with Crippen molar-refractivity contribution < 1.29 is 9.90 Å². The number of aliphatic hydroxyl groups is 1. The van der Waals surface area contributed by atoms with Gasteiger partial charge in [0.2, 0.25) is 0 Å². The molecule has 2 nitrogen and oxygen atoms in total. The molecule has 0 aromatic carbocycles. The Morgan fingerprint density at radius 1 is 1.47 bits per heavy atom. The van der Waals surface area contributed by atoms with Crippen molar-refractivity contribution in [3.63, 3.8) is 0 Å². The van der Waals surface area contributed by atoms with Crippen LogP contribution in [0.5, 0.6) is 0 Å². The second-order valence-corrected chi connectivity index (χ2v) is 4.80. The Kier molecular flexibility index (Phi) is 6.61. The third-order valence-electron chi connectivity index (χ3n) is 2.17. The molecule has 0 saturated carbocycles. The van der Waals surface area contributed by atoms with E-state index in [2.05, 4.69) is 12.6 Å². The summed E-state index contributed by atoms with van der Waals surface area (Å²) in [5.74, 6) is 0. The van der Waals surface area contributed by atoms with Gasteiger partial charge in [-0.05, 0) is 25.7 Å². The lowest BCUT2D eigenvalue weighted by Crippen LogP contribution is -2.18. The summed E-state index contributed by atoms with van der Waals surface area (Å²) < 4.78 is 0. The highest BCUT2D eigenvalue weighted by molar-refractivity contribution is 7.96. The van der Waals surface area contributed by atoms with Gasteiger partial charge in [0.25, 0.3) is 0 Å². The fourth-order valence-corrected chi connectivity index (χ4v) is 1.67. The SMILES string of the molecule is CC(C)=C/C=C/[C@@](C)(CCO)CC(=O)S. The molecule has 1 N–H and O–H groups in total. The smallest absolute Gasteiger partial charge is 0.186 e. The van der Waals surface area contributed by atoms with Crippen LogP contribution in [0.4, 0.5) is 0 Å². The van der Waals surface area contributed by atoms with Gasteiger partial charge in [-0.15, -0.1) is 12.6 Å². The minimum atomic E-state index is -0.292. The molecule has 0 fully saturated rings. The summed E-state index contributed by atoms with van der Waals surface area (Å²) in [6.45, 7) is 6.05. The average Bonchev–Trinajstić information content (AvgIpc) is 2.01. The molecule has 0 aromatic heterocycles. The maximum absolute atomic E-state index is 11.0. The second-order valence-electron chi connectivity index (χ2n) is 4.30. The fraction of sp³-hybridized carbons (Fsp3) is 0.583. The van der Waals surface area contributed by atoms with Gasteiger partial charge in [-0.1, -0.05) is 30.7 Å². The second kappa shape index (κ2) is 6.85. The first-order valence-electron chi connectivity index (χ1n) is 5.05. The van der Waals surface area contributed by atoms with Gasteiger partial charge in [-0.2, -0.15) is 0 Å². The van der Waals surface area contributed by atoms with Gasteiger partial charge in [0, 0.05) is 13.0 Å². The summed E-state index contributed by atoms with van der Waals surface area (Å²) in [5, 5.41) is 8.79. The number of hydrogen-bond acceptors (Lipinski definition) is 2. The van der Waals surface area contributed by atoms with Crippen LogP contribution >= 0.6 is 12.6 Å². The normalized spacial score (nSPS) is 15.0. The van der Waals surface area contributed by atoms with Gasteiger partial charge < -0.3 is 5.11 Å². The molecule has 0 bridgehead atoms. The molecule has 0 aliphatic carbocycles. The summed E-state index contributed by atoms with van der Waals surface area (Å²) in [4.78, 5) is 11.0. The number of hydrogen-bond donors (Lipinski definition) is 2. The highest BCUT2D eigenvalue weighted by atomic mass is 32.1. The van der Waals surface area contributed by atoms with Crippen molar-refractivity contribution in [3.8, 4) is 0 Å². The molecule has 86 valence electrons. The van der Waals surface area contributed by atoms with E-state index in [9.17, 15) is 4.79 Å². The number of rotatable bonds is 6. The number of allylic oxidation sites excluding steroid dienone is 4. The molecule has 0 radical (unpaired) electrons. The molecule has 0 aliphatic rings. The lowest BCUT2D eigenvalue weighted by molar-refractivity contribution is -0.112. The van der Waals surface area contributed by atoms with E-state index in [-0.39, 0.29) is 17.1 Å². The Morgan fingerprint density at radius 2 is 2.07 bits per heavy atom. The average molecular weight is 228 g/mol. The van der Waals surface area contributed by atoms with Gasteiger partial charge in [0.05, 0.1) is 0 Å². The summed E-state index contributed by atoms with van der Waals surface area (Å²) in [6, 6.07) is 0. The summed E-state index contributed by atoms with van der Waals surface area (Å²) in [5.41, 5.74) is 0.911. The van der Waals surface area contributed by atoms with Crippen LogP contribution in [0.1, 0.15) is 33.6 Å². The van der Waals surface area contributed by atoms with Crippen LogP contribution < -0.4 is 0 Å². The lowest BCUT2D eigenvalue weighted by Gasteiger charge is -2.23. The van der Waals surface area contributed by atoms with Crippen LogP contribution in [0.15, 0.2) is 23.8 Å². The predicted octanol–water partition coefficient (Wildman–Crippen LogP) is 2.74. The van der Waals surface area contributed by atoms with Crippen LogP contribution in [-0.2, 0) is 4.79 Å². The van der Waals surface area contributed by atoms with E-state index in [1.807, 2.05) is 39.0 Å². The lowest BCUT2D eigenvalue weighted by atomic mass is 9.83. The van der Waals surface area contributed by atoms with Gasteiger partial charge in [-0.3, -0.25) is 4.79 Å². The molecule has 15 heavy (non-hydrogen) atoms. The molecule has 0 heterocycles. The molecule has 0 aliphatic heterocycles. The van der Waals surface area contributed by atoms with E-state index in [1.54, 1.807) is 0 Å². The predicted molar refractivity (Wildman–Crippen MR) is 67.0 cm³/mol. The van der Waals surface area contributed by atoms with Crippen LogP contribution in [0.25, 0.3) is 0 Å². The van der Waals surface area contributed by atoms with Crippen molar-refractivity contribution in [3.05, 3.63) is 23.8 Å². The Morgan fingerprint density at radius 3 is 2.47 bits per heavy atom. The largest absolute Gasteiger partial charge is 0.396 e. The molecule has 0 spiro atoms. The van der Waals surface area contributed by atoms with Crippen molar-refractivity contribution >= 4 is 17.7 Å². The molecule has 1 atom stereocenters. The molecule has 0 aromatic rings. The van der Waals surface area contributed by atoms with Gasteiger partial charge in [0.15, 0.2) is 5.12 Å². The van der Waals surface area contributed by atoms with E-state index in [0.29, 0.717) is 12.8 Å². The topological polar surface area (TPSA) is 37.3 Å². The molecule has 0 rings (SSSR count). The van der Waals surface area contributed by atoms with Crippen LogP contribution in [0, 0.1) is 5.41 Å². The van der Waals surface area contributed by atoms with E-state index in [4.69, 9.17) is 5.11 Å². The third kappa shape index (κ3) is 7.40. The number of thiol groups is 1. The quantitative estimate of drug-likeness (QED) is 0.542. The first-order valence-corrected chi connectivity index (χ1v) is 5.50. The summed E-state index contributed by atoms with van der Waals surface area (Å²) >= 11 is 3.78. The Hall–Kier alpha value is -0.540. The van der Waals surface area contributed by atoms with Crippen molar-refractivity contribution in [2.45, 2.75) is 33.6 Å². The molecule has 0 unspecified atom stereocenters. The van der Waals surface area contributed by atoms with E-state index in [1.165, 1.54) is 5.57 Å². The van der Waals surface area contributed by atoms with Gasteiger partial charge in [0.1, 0.15) is 0 Å². The highest BCUT2D eigenvalue weighted by Crippen LogP contribution is 2.28. The zero-order valence-electron chi connectivity index (χ0n) is 9.66. The Labute approximate surface area is 97.5 Å². The maximum atomic E-state index is 11.0. The Bertz CT molecular complexity index is 265. The van der Waals surface area contributed by atoms with E-state index in [0.717, 1.165) is 0 Å². The summed E-state index contributed by atoms with van der Waals surface area (Å²) in [6.07, 6.45) is 6.81. The number of carbonyl (C=O) groups excluding carboxylic acids is 1. The van der Waals surface area contributed by atoms with Crippen molar-refractivity contribution in [1.82, 2.24) is 0 Å². The van der Waals surface area contributed by atoms with Crippen LogP contribution in [-0.4, -0.2) is 16.8 Å². The van der Waals surface area contributed by atoms with Crippen LogP contribution in [0.3, 0.4) is 0 Å². The minimum Gasteiger partial charge on any atom is -0.396 e. The van der Waals surface area contributed by atoms with Crippen molar-refractivity contribution in [1.29, 1.82) is 0 Å². The first kappa shape index (κ1) is 14.5. The van der Waals surface area contributed by atoms with Gasteiger partial charge >= 0.3 is 0 Å². The van der Waals surface area contributed by atoms with E-state index < -0.39 is 0 Å². The van der Waals surface area contributed by atoms with Crippen molar-refractivity contribution in [2.75, 3.05) is 6.61 Å². The first-order chi connectivity index (χ1) is 6.89. The molecule has 0 amide bonds. The molecule has 0 saturated heterocycles. The van der Waals surface area contributed by atoms with Crippen molar-refractivity contribution in [2.24, 2.45) is 5.41 Å². The summed E-state index contributed by atoms with van der Waals surface area (Å²) in [7, 11) is 0. The zero-order chi connectivity index (χ0) is 11.9. The fourth-order valence-electron chi connectivity index (χ4n) is 1.30. The van der Waals surface area contributed by atoms with Crippen LogP contribution in [0.2, 0.25) is 0 Å². The number of carbonyl (C=O) groups is 1. The number of aliphatic hydroxyl groups excluding tert-OH is 1. The monoisotopic (exact) mass is 228 g/mol. The zero-order valence-corrected chi connectivity index (χ0v) is 10.6. The standard InChI is InChI=1S/C12H20O2S/c1-10(2)5-4-6-12(3,7-8-13)9-11(14)15/h4-6,13H,7-9H2,1-3H3,(H,14,15)/b6-4+/t12-/m0/s1. The molecular formula is C12H20O2S. The maximum Gasteiger partial charge on any atom is 0.186 e. The Balaban J connectivity index is 4.56. The third-order valence-corrected chi connectivity index (χ3v) is 2.32. The van der Waals surface area contributed by atoms with E-state index >= 15 is 0 Å². The highest BCUT2D eigenvalue weighted by Gasteiger charge is 2.22. The van der Waals surface area contributed by atoms with Gasteiger partial charge in [-0.25, -0.2) is 0 Å². The molecular weight excluding hydrogens is 208 g/mol. The minimum absolute atomic E-state index is 0.0801.